The summed E-state index contributed by atoms with van der Waals surface area (Å²) in [6.07, 6.45) is 0.893. The van der Waals surface area contributed by atoms with Gasteiger partial charge in [-0.2, -0.15) is 4.31 Å². The van der Waals surface area contributed by atoms with Crippen molar-refractivity contribution in [3.63, 3.8) is 0 Å². The number of carboxylic acids is 1. The van der Waals surface area contributed by atoms with Crippen LogP contribution < -0.4 is 21.3 Å². The third-order valence-corrected chi connectivity index (χ3v) is 11.8. The topological polar surface area (TPSA) is 194 Å². The van der Waals surface area contributed by atoms with Gasteiger partial charge < -0.3 is 31.3 Å². The molecule has 55 heavy (non-hydrogen) atoms. The second-order valence-electron chi connectivity index (χ2n) is 13.5. The molecule has 4 atom stereocenters. The van der Waals surface area contributed by atoms with Crippen LogP contribution in [0.5, 0.6) is 0 Å². The minimum atomic E-state index is -4.19. The Balaban J connectivity index is 1.32. The number of aliphatic carboxylic acids is 1. The van der Waals surface area contributed by atoms with Gasteiger partial charge in [-0.05, 0) is 79.6 Å². The van der Waals surface area contributed by atoms with Crippen molar-refractivity contribution in [1.29, 1.82) is 0 Å². The number of halogens is 2. The zero-order valence-corrected chi connectivity index (χ0v) is 33.3. The highest BCUT2D eigenvalue weighted by atomic mass is 35.5. The maximum Gasteiger partial charge on any atom is 0.326 e. The Morgan fingerprint density at radius 2 is 1.64 bits per heavy atom. The molecule has 1 aliphatic heterocycles. The Labute approximate surface area is 331 Å². The van der Waals surface area contributed by atoms with Crippen LogP contribution >= 0.6 is 23.2 Å². The first-order valence-electron chi connectivity index (χ1n) is 17.8. The maximum atomic E-state index is 13.5. The van der Waals surface area contributed by atoms with E-state index in [1.54, 1.807) is 30.3 Å². The molecule has 1 heterocycles. The molecule has 4 rings (SSSR count). The summed E-state index contributed by atoms with van der Waals surface area (Å²) in [5.41, 5.74) is 2.79. The number of carbonyl (C=O) groups excluding carboxylic acids is 4. The Bertz CT molecular complexity index is 1980. The number of hydrogen-bond acceptors (Lipinski definition) is 7. The number of urea groups is 1. The molecule has 0 spiro atoms. The van der Waals surface area contributed by atoms with E-state index >= 15 is 0 Å². The number of aryl methyl sites for hydroxylation is 1. The van der Waals surface area contributed by atoms with E-state index in [0.29, 0.717) is 29.8 Å². The van der Waals surface area contributed by atoms with Crippen LogP contribution in [0.1, 0.15) is 50.7 Å². The normalized spacial score (nSPS) is 16.0. The Hall–Kier alpha value is -4.70. The molecule has 14 nitrogen and oxygen atoms in total. The molecular weight excluding hydrogens is 771 g/mol. The van der Waals surface area contributed by atoms with Crippen LogP contribution in [0.3, 0.4) is 0 Å². The first-order valence-corrected chi connectivity index (χ1v) is 20.0. The highest BCUT2D eigenvalue weighted by Gasteiger charge is 2.41. The lowest BCUT2D eigenvalue weighted by atomic mass is 9.96. The summed E-state index contributed by atoms with van der Waals surface area (Å²) in [5.74, 6) is -3.23. The molecule has 17 heteroatoms. The maximum absolute atomic E-state index is 13.5. The van der Waals surface area contributed by atoms with Gasteiger partial charge in [0.1, 0.15) is 18.1 Å². The van der Waals surface area contributed by atoms with Gasteiger partial charge in [-0.1, -0.05) is 73.8 Å². The highest BCUT2D eigenvalue weighted by molar-refractivity contribution is 7.89. The summed E-state index contributed by atoms with van der Waals surface area (Å²) in [6, 6.07) is 14.1. The van der Waals surface area contributed by atoms with Gasteiger partial charge >= 0.3 is 12.0 Å². The molecule has 3 aromatic rings. The van der Waals surface area contributed by atoms with Crippen LogP contribution in [0.4, 0.5) is 16.2 Å². The van der Waals surface area contributed by atoms with Crippen molar-refractivity contribution in [2.24, 2.45) is 5.92 Å². The van der Waals surface area contributed by atoms with Gasteiger partial charge in [0.25, 0.3) is 0 Å². The number of rotatable bonds is 16. The standard InChI is InChI=1S/C38H46Cl2N6O8S/c1-5-23(2)34(45(4)33(47)19-25-12-14-28(15-13-25)42-38(52)44-30-10-7-6-9-24(30)3)36(49)41-17-16-31(37(50)51)43-35(48)32-11-8-18-46(32)55(53,54)29-21-26(39)20-27(40)22-29/h6-7,9-10,12-15,20-23,31-32,34H,5,8,11,16-19H2,1-4H3,(H,41,49)(H,43,48)(H,50,51)(H2,42,44,52)/t23?,31-,32-,34-/m0/s1. The summed E-state index contributed by atoms with van der Waals surface area (Å²) in [7, 11) is -2.65. The summed E-state index contributed by atoms with van der Waals surface area (Å²) in [5, 5.41) is 20.8. The molecule has 1 unspecified atom stereocenters. The number of carboxylic acid groups (broad SMARTS) is 1. The third-order valence-electron chi connectivity index (χ3n) is 9.52. The molecule has 5 amide bonds. The van der Waals surface area contributed by atoms with Crippen molar-refractivity contribution in [2.45, 2.75) is 75.9 Å². The molecule has 0 aromatic heterocycles. The number of anilines is 2. The lowest BCUT2D eigenvalue weighted by Crippen LogP contribution is -2.53. The van der Waals surface area contributed by atoms with E-state index in [1.165, 1.54) is 30.1 Å². The van der Waals surface area contributed by atoms with Crippen molar-refractivity contribution in [3.8, 4) is 0 Å². The number of sulfonamides is 1. The summed E-state index contributed by atoms with van der Waals surface area (Å²) < 4.78 is 27.8. The zero-order valence-electron chi connectivity index (χ0n) is 31.0. The Morgan fingerprint density at radius 1 is 0.982 bits per heavy atom. The number of likely N-dealkylation sites (N-methyl/N-ethyl adjacent to an activating group) is 1. The van der Waals surface area contributed by atoms with E-state index < -0.39 is 52.0 Å². The zero-order chi connectivity index (χ0) is 40.4. The molecule has 0 radical (unpaired) electrons. The largest absolute Gasteiger partial charge is 0.480 e. The molecule has 0 saturated carbocycles. The molecule has 0 aliphatic carbocycles. The number of amides is 5. The van der Waals surface area contributed by atoms with Crippen LogP contribution in [0, 0.1) is 12.8 Å². The van der Waals surface area contributed by atoms with Gasteiger partial charge in [0, 0.05) is 41.6 Å². The summed E-state index contributed by atoms with van der Waals surface area (Å²) in [4.78, 5) is 66.0. The number of nitrogens with one attached hydrogen (secondary N) is 4. The SMILES string of the molecule is CCC(C)[C@@H](C(=O)NCC[C@H](NC(=O)[C@@H]1CCCN1S(=O)(=O)c1cc(Cl)cc(Cl)c1)C(=O)O)N(C)C(=O)Cc1ccc(NC(=O)Nc2ccccc2C)cc1. The van der Waals surface area contributed by atoms with Gasteiger partial charge in [0.2, 0.25) is 27.7 Å². The molecular formula is C38H46Cl2N6O8S. The predicted molar refractivity (Wildman–Crippen MR) is 211 cm³/mol. The van der Waals surface area contributed by atoms with Crippen LogP contribution in [0.25, 0.3) is 0 Å². The van der Waals surface area contributed by atoms with Gasteiger partial charge in [-0.3, -0.25) is 14.4 Å². The van der Waals surface area contributed by atoms with E-state index in [2.05, 4.69) is 21.3 Å². The smallest absolute Gasteiger partial charge is 0.326 e. The third kappa shape index (κ3) is 11.4. The van der Waals surface area contributed by atoms with Crippen molar-refractivity contribution < 1.29 is 37.5 Å². The molecule has 0 bridgehead atoms. The molecule has 1 saturated heterocycles. The van der Waals surface area contributed by atoms with Gasteiger partial charge in [0.15, 0.2) is 0 Å². The lowest BCUT2D eigenvalue weighted by molar-refractivity contribution is -0.142. The van der Waals surface area contributed by atoms with Crippen molar-refractivity contribution >= 4 is 74.3 Å². The van der Waals surface area contributed by atoms with E-state index in [4.69, 9.17) is 23.2 Å². The number of benzene rings is 3. The highest BCUT2D eigenvalue weighted by Crippen LogP contribution is 2.30. The van der Waals surface area contributed by atoms with Crippen LogP contribution in [-0.2, 0) is 35.6 Å². The van der Waals surface area contributed by atoms with E-state index in [9.17, 15) is 37.5 Å². The Morgan fingerprint density at radius 3 is 2.25 bits per heavy atom. The van der Waals surface area contributed by atoms with Gasteiger partial charge in [-0.25, -0.2) is 18.0 Å². The van der Waals surface area contributed by atoms with Gasteiger partial charge in [0.05, 0.1) is 11.3 Å². The second kappa shape index (κ2) is 19.2. The summed E-state index contributed by atoms with van der Waals surface area (Å²) >= 11 is 12.0. The van der Waals surface area contributed by atoms with E-state index in [-0.39, 0.29) is 59.1 Å². The average molecular weight is 818 g/mol. The molecule has 296 valence electrons. The first kappa shape index (κ1) is 43.0. The van der Waals surface area contributed by atoms with Crippen LogP contribution in [-0.4, -0.2) is 90.7 Å². The van der Waals surface area contributed by atoms with Crippen LogP contribution in [0.2, 0.25) is 10.0 Å². The molecule has 5 N–H and O–H groups in total. The van der Waals surface area contributed by atoms with Crippen LogP contribution in [0.15, 0.2) is 71.6 Å². The quantitative estimate of drug-likeness (QED) is 0.129. The number of para-hydroxylation sites is 1. The predicted octanol–water partition coefficient (Wildman–Crippen LogP) is 5.29. The average Bonchev–Trinajstić information content (AvgIpc) is 3.64. The number of carbonyl (C=O) groups is 5. The first-order chi connectivity index (χ1) is 26.0. The fraction of sp³-hybridized carbons (Fsp3) is 0.395. The number of hydrogen-bond donors (Lipinski definition) is 5. The summed E-state index contributed by atoms with van der Waals surface area (Å²) in [6.45, 7) is 5.49. The van der Waals surface area contributed by atoms with Crippen molar-refractivity contribution in [2.75, 3.05) is 30.8 Å². The van der Waals surface area contributed by atoms with Crippen molar-refractivity contribution in [1.82, 2.24) is 19.8 Å². The van der Waals surface area contributed by atoms with E-state index in [1.807, 2.05) is 39.0 Å². The molecule has 1 aliphatic rings. The minimum absolute atomic E-state index is 0.0161. The number of nitrogens with zero attached hydrogens (tertiary/aromatic N) is 2. The molecule has 3 aromatic carbocycles. The van der Waals surface area contributed by atoms with Gasteiger partial charge in [-0.15, -0.1) is 0 Å². The van der Waals surface area contributed by atoms with Crippen molar-refractivity contribution in [3.05, 3.63) is 87.9 Å². The minimum Gasteiger partial charge on any atom is -0.480 e. The second-order valence-corrected chi connectivity index (χ2v) is 16.2. The monoisotopic (exact) mass is 816 g/mol. The fourth-order valence-electron chi connectivity index (χ4n) is 6.27. The fourth-order valence-corrected chi connectivity index (χ4v) is 8.65. The Kier molecular flexibility index (Phi) is 15.1. The van der Waals surface area contributed by atoms with E-state index in [0.717, 1.165) is 9.87 Å². The lowest BCUT2D eigenvalue weighted by Gasteiger charge is -2.32. The molecule has 1 fully saturated rings.